The minimum atomic E-state index is -0.893. The van der Waals surface area contributed by atoms with E-state index in [-0.39, 0.29) is 5.41 Å². The summed E-state index contributed by atoms with van der Waals surface area (Å²) in [7, 11) is 0. The van der Waals surface area contributed by atoms with Crippen molar-refractivity contribution in [3.8, 4) is 12.3 Å². The summed E-state index contributed by atoms with van der Waals surface area (Å²) in [5.41, 5.74) is 0.474. The van der Waals surface area contributed by atoms with Gasteiger partial charge in [-0.2, -0.15) is 0 Å². The summed E-state index contributed by atoms with van der Waals surface area (Å²) in [5, 5.41) is 11.1. The van der Waals surface area contributed by atoms with Gasteiger partial charge in [0.1, 0.15) is 5.60 Å². The molecule has 0 aromatic rings. The Morgan fingerprint density at radius 2 is 2.04 bits per heavy atom. The number of hydrogen-bond acceptors (Lipinski definition) is 2. The number of carbonyl (C=O) groups excluding carboxylic acids is 1. The van der Waals surface area contributed by atoms with Gasteiger partial charge in [0.15, 0.2) is 5.78 Å². The lowest BCUT2D eigenvalue weighted by Crippen LogP contribution is -2.53. The Hall–Kier alpha value is -1.07. The highest BCUT2D eigenvalue weighted by molar-refractivity contribution is 5.91. The molecule has 0 aromatic heterocycles. The standard InChI is InChI=1S/C21H28O2/c1-3-20-11-9-17-16-8-6-15(22)13-14(16)5-7-18(17)19(20)10-12-21(20,23)4-2/h2,13,16-19,23H,3,5-12H2,1H3/t16-,17+,18+,19-,20-,21-/m1/s1. The van der Waals surface area contributed by atoms with E-state index in [2.05, 4.69) is 12.8 Å². The van der Waals surface area contributed by atoms with Crippen molar-refractivity contribution in [3.63, 3.8) is 0 Å². The molecule has 6 atom stereocenters. The van der Waals surface area contributed by atoms with Crippen molar-refractivity contribution in [2.24, 2.45) is 29.1 Å². The summed E-state index contributed by atoms with van der Waals surface area (Å²) < 4.78 is 0. The summed E-state index contributed by atoms with van der Waals surface area (Å²) in [6.45, 7) is 2.22. The van der Waals surface area contributed by atoms with Gasteiger partial charge in [-0.3, -0.25) is 4.79 Å². The Bertz CT molecular complexity index is 597. The number of rotatable bonds is 1. The number of terminal acetylenes is 1. The maximum Gasteiger partial charge on any atom is 0.155 e. The summed E-state index contributed by atoms with van der Waals surface area (Å²) >= 11 is 0. The van der Waals surface area contributed by atoms with E-state index in [9.17, 15) is 9.90 Å². The van der Waals surface area contributed by atoms with Gasteiger partial charge in [-0.05, 0) is 81.1 Å². The van der Waals surface area contributed by atoms with E-state index in [1.165, 1.54) is 18.4 Å². The Morgan fingerprint density at radius 1 is 1.22 bits per heavy atom. The van der Waals surface area contributed by atoms with Crippen LogP contribution in [0.25, 0.3) is 0 Å². The maximum atomic E-state index is 11.8. The highest BCUT2D eigenvalue weighted by atomic mass is 16.3. The molecular formula is C21H28O2. The molecule has 2 nitrogen and oxygen atoms in total. The van der Waals surface area contributed by atoms with Crippen LogP contribution in [-0.2, 0) is 4.79 Å². The van der Waals surface area contributed by atoms with Crippen LogP contribution in [-0.4, -0.2) is 16.5 Å². The van der Waals surface area contributed by atoms with Crippen LogP contribution in [0.2, 0.25) is 0 Å². The first kappa shape index (κ1) is 15.5. The molecule has 1 N–H and O–H groups in total. The molecule has 0 saturated heterocycles. The molecule has 0 bridgehead atoms. The van der Waals surface area contributed by atoms with Gasteiger partial charge >= 0.3 is 0 Å². The third-order valence-corrected chi connectivity index (χ3v) is 8.02. The molecule has 0 heterocycles. The Kier molecular flexibility index (Phi) is 3.50. The minimum Gasteiger partial charge on any atom is -0.377 e. The van der Waals surface area contributed by atoms with E-state index >= 15 is 0 Å². The Morgan fingerprint density at radius 3 is 2.78 bits per heavy atom. The lowest BCUT2D eigenvalue weighted by atomic mass is 9.49. The van der Waals surface area contributed by atoms with Crippen molar-refractivity contribution >= 4 is 5.78 Å². The average molecular weight is 312 g/mol. The minimum absolute atomic E-state index is 0.0609. The molecule has 124 valence electrons. The van der Waals surface area contributed by atoms with E-state index in [0.29, 0.717) is 29.5 Å². The van der Waals surface area contributed by atoms with Crippen LogP contribution in [0, 0.1) is 41.4 Å². The van der Waals surface area contributed by atoms with Gasteiger partial charge in [0.25, 0.3) is 0 Å². The van der Waals surface area contributed by atoms with Crippen LogP contribution in [0.5, 0.6) is 0 Å². The van der Waals surface area contributed by atoms with E-state index in [4.69, 9.17) is 6.42 Å². The summed E-state index contributed by atoms with van der Waals surface area (Å²) in [5.74, 6) is 5.73. The molecule has 0 spiro atoms. The molecule has 3 fully saturated rings. The average Bonchev–Trinajstić information content (AvgIpc) is 2.88. The predicted octanol–water partition coefficient (Wildman–Crippen LogP) is 3.88. The first-order valence-corrected chi connectivity index (χ1v) is 9.48. The van der Waals surface area contributed by atoms with Crippen molar-refractivity contribution in [1.29, 1.82) is 0 Å². The van der Waals surface area contributed by atoms with Crippen LogP contribution < -0.4 is 0 Å². The van der Waals surface area contributed by atoms with E-state index in [1.54, 1.807) is 0 Å². The Balaban J connectivity index is 1.67. The number of aliphatic hydroxyl groups is 1. The zero-order valence-corrected chi connectivity index (χ0v) is 14.2. The normalized spacial score (nSPS) is 48.7. The van der Waals surface area contributed by atoms with Crippen LogP contribution >= 0.6 is 0 Å². The fourth-order valence-electron chi connectivity index (χ4n) is 6.96. The molecule has 4 rings (SSSR count). The van der Waals surface area contributed by atoms with E-state index in [0.717, 1.165) is 44.9 Å². The van der Waals surface area contributed by atoms with Crippen molar-refractivity contribution in [2.75, 3.05) is 0 Å². The van der Waals surface area contributed by atoms with Gasteiger partial charge in [0.05, 0.1) is 0 Å². The highest BCUT2D eigenvalue weighted by Crippen LogP contribution is 2.66. The van der Waals surface area contributed by atoms with Crippen LogP contribution in [0.15, 0.2) is 11.6 Å². The molecule has 0 radical (unpaired) electrons. The lowest BCUT2D eigenvalue weighted by Gasteiger charge is -2.55. The maximum absolute atomic E-state index is 11.8. The largest absolute Gasteiger partial charge is 0.377 e. The van der Waals surface area contributed by atoms with Crippen LogP contribution in [0.3, 0.4) is 0 Å². The number of hydrogen-bond donors (Lipinski definition) is 1. The van der Waals surface area contributed by atoms with Crippen molar-refractivity contribution in [3.05, 3.63) is 11.6 Å². The van der Waals surface area contributed by atoms with Gasteiger partial charge in [0, 0.05) is 11.8 Å². The molecule has 0 aliphatic heterocycles. The quantitative estimate of drug-likeness (QED) is 0.746. The third kappa shape index (κ3) is 1.96. The zero-order valence-electron chi connectivity index (χ0n) is 14.2. The van der Waals surface area contributed by atoms with Crippen molar-refractivity contribution in [2.45, 2.75) is 70.3 Å². The van der Waals surface area contributed by atoms with Crippen molar-refractivity contribution < 1.29 is 9.90 Å². The third-order valence-electron chi connectivity index (χ3n) is 8.02. The van der Waals surface area contributed by atoms with Crippen molar-refractivity contribution in [1.82, 2.24) is 0 Å². The highest BCUT2D eigenvalue weighted by Gasteiger charge is 2.63. The molecule has 0 unspecified atom stereocenters. The lowest BCUT2D eigenvalue weighted by molar-refractivity contribution is -0.117. The fraction of sp³-hybridized carbons (Fsp3) is 0.762. The number of allylic oxidation sites excluding steroid dienone is 1. The molecule has 23 heavy (non-hydrogen) atoms. The number of ketones is 1. The molecule has 0 amide bonds. The second kappa shape index (κ2) is 5.21. The van der Waals surface area contributed by atoms with Gasteiger partial charge < -0.3 is 5.11 Å². The molecular weight excluding hydrogens is 284 g/mol. The topological polar surface area (TPSA) is 37.3 Å². The Labute approximate surface area is 139 Å². The zero-order chi connectivity index (χ0) is 16.2. The number of carbonyl (C=O) groups is 1. The molecule has 4 aliphatic carbocycles. The van der Waals surface area contributed by atoms with Gasteiger partial charge in [0.2, 0.25) is 0 Å². The summed E-state index contributed by atoms with van der Waals surface area (Å²) in [4.78, 5) is 11.8. The molecule has 3 saturated carbocycles. The summed E-state index contributed by atoms with van der Waals surface area (Å²) in [6.07, 6.45) is 16.9. The summed E-state index contributed by atoms with van der Waals surface area (Å²) in [6, 6.07) is 0. The predicted molar refractivity (Wildman–Crippen MR) is 90.5 cm³/mol. The second-order valence-electron chi connectivity index (χ2n) is 8.40. The molecule has 4 aliphatic rings. The van der Waals surface area contributed by atoms with Crippen LogP contribution in [0.1, 0.15) is 64.7 Å². The molecule has 0 aromatic carbocycles. The van der Waals surface area contributed by atoms with Gasteiger partial charge in [-0.1, -0.05) is 18.4 Å². The van der Waals surface area contributed by atoms with E-state index < -0.39 is 5.60 Å². The van der Waals surface area contributed by atoms with Crippen LogP contribution in [0.4, 0.5) is 0 Å². The first-order valence-electron chi connectivity index (χ1n) is 9.48. The fourth-order valence-corrected chi connectivity index (χ4v) is 6.96. The van der Waals surface area contributed by atoms with Gasteiger partial charge in [-0.25, -0.2) is 0 Å². The first-order chi connectivity index (χ1) is 11.0. The van der Waals surface area contributed by atoms with E-state index in [1.807, 2.05) is 6.08 Å². The molecule has 2 heteroatoms. The number of fused-ring (bicyclic) bond motifs is 5. The second-order valence-corrected chi connectivity index (χ2v) is 8.40. The smallest absolute Gasteiger partial charge is 0.155 e. The van der Waals surface area contributed by atoms with Gasteiger partial charge in [-0.15, -0.1) is 6.42 Å². The SMILES string of the molecule is C#C[C@@]1(O)CC[C@@H]2[C@H]3CCC4=CC(=O)CC[C@H]4[C@@H]3CC[C@]21CC. The monoisotopic (exact) mass is 312 g/mol.